The van der Waals surface area contributed by atoms with Gasteiger partial charge in [0.15, 0.2) is 0 Å². The van der Waals surface area contributed by atoms with Crippen molar-refractivity contribution in [2.45, 2.75) is 45.6 Å². The normalized spacial score (nSPS) is 13.9. The Kier molecular flexibility index (Phi) is 6.46. The molecule has 1 aliphatic rings. The van der Waals surface area contributed by atoms with Crippen molar-refractivity contribution < 1.29 is 9.59 Å². The fraction of sp³-hybridized carbons (Fsp3) is 0.556. The number of halogens is 1. The van der Waals surface area contributed by atoms with Crippen molar-refractivity contribution in [1.29, 1.82) is 0 Å². The van der Waals surface area contributed by atoms with Gasteiger partial charge in [-0.25, -0.2) is 0 Å². The first-order valence-electron chi connectivity index (χ1n) is 8.30. The highest BCUT2D eigenvalue weighted by atomic mass is 35.5. The maximum absolute atomic E-state index is 12.3. The maximum atomic E-state index is 12.3. The predicted molar refractivity (Wildman–Crippen MR) is 92.6 cm³/mol. The van der Waals surface area contributed by atoms with Gasteiger partial charge in [0.2, 0.25) is 5.91 Å². The van der Waals surface area contributed by atoms with Crippen LogP contribution in [0.3, 0.4) is 0 Å². The van der Waals surface area contributed by atoms with Crippen LogP contribution in [0.5, 0.6) is 0 Å². The average molecular weight is 337 g/mol. The van der Waals surface area contributed by atoms with E-state index in [0.717, 1.165) is 19.4 Å². The molecule has 1 aliphatic carbocycles. The van der Waals surface area contributed by atoms with Gasteiger partial charge in [0, 0.05) is 36.1 Å². The molecule has 1 fully saturated rings. The molecular weight excluding hydrogens is 312 g/mol. The number of rotatable bonds is 8. The highest BCUT2D eigenvalue weighted by Gasteiger charge is 2.32. The largest absolute Gasteiger partial charge is 0.352 e. The van der Waals surface area contributed by atoms with Crippen LogP contribution >= 0.6 is 11.6 Å². The summed E-state index contributed by atoms with van der Waals surface area (Å²) in [5.41, 5.74) is 0.583. The minimum absolute atomic E-state index is 0.129. The van der Waals surface area contributed by atoms with Gasteiger partial charge in [0.05, 0.1) is 0 Å². The summed E-state index contributed by atoms with van der Waals surface area (Å²) in [6, 6.07) is 7.23. The van der Waals surface area contributed by atoms with Crippen molar-refractivity contribution in [1.82, 2.24) is 10.2 Å². The molecule has 5 heteroatoms. The minimum Gasteiger partial charge on any atom is -0.352 e. The number of hydrogen-bond acceptors (Lipinski definition) is 2. The van der Waals surface area contributed by atoms with E-state index in [-0.39, 0.29) is 11.8 Å². The van der Waals surface area contributed by atoms with E-state index in [1.165, 1.54) is 0 Å². The van der Waals surface area contributed by atoms with Crippen LogP contribution in [0.15, 0.2) is 24.3 Å². The quantitative estimate of drug-likeness (QED) is 0.739. The molecule has 0 aliphatic heterocycles. The van der Waals surface area contributed by atoms with Gasteiger partial charge >= 0.3 is 0 Å². The number of benzene rings is 1. The molecule has 0 bridgehead atoms. The molecule has 1 N–H and O–H groups in total. The zero-order chi connectivity index (χ0) is 16.8. The van der Waals surface area contributed by atoms with Crippen LogP contribution in [-0.4, -0.2) is 35.8 Å². The Morgan fingerprint density at radius 2 is 1.91 bits per heavy atom. The number of nitrogens with zero attached hydrogens (tertiary/aromatic N) is 1. The zero-order valence-corrected chi connectivity index (χ0v) is 14.6. The van der Waals surface area contributed by atoms with E-state index in [2.05, 4.69) is 19.2 Å². The summed E-state index contributed by atoms with van der Waals surface area (Å²) in [6.07, 6.45) is 3.42. The van der Waals surface area contributed by atoms with E-state index < -0.39 is 0 Å². The van der Waals surface area contributed by atoms with Crippen LogP contribution < -0.4 is 5.32 Å². The van der Waals surface area contributed by atoms with Gasteiger partial charge in [-0.15, -0.1) is 0 Å². The summed E-state index contributed by atoms with van der Waals surface area (Å²) in [6.45, 7) is 5.61. The summed E-state index contributed by atoms with van der Waals surface area (Å²) in [7, 11) is 0. The van der Waals surface area contributed by atoms with E-state index in [0.29, 0.717) is 41.9 Å². The van der Waals surface area contributed by atoms with E-state index in [9.17, 15) is 9.59 Å². The predicted octanol–water partition coefficient (Wildman–Crippen LogP) is 3.50. The van der Waals surface area contributed by atoms with Crippen LogP contribution in [0.1, 0.15) is 49.9 Å². The van der Waals surface area contributed by atoms with Crippen LogP contribution in [0.25, 0.3) is 0 Å². The topological polar surface area (TPSA) is 49.4 Å². The van der Waals surface area contributed by atoms with Gasteiger partial charge in [-0.1, -0.05) is 25.4 Å². The van der Waals surface area contributed by atoms with E-state index >= 15 is 0 Å². The van der Waals surface area contributed by atoms with Crippen LogP contribution in [0.2, 0.25) is 5.02 Å². The Morgan fingerprint density at radius 3 is 2.48 bits per heavy atom. The number of nitrogens with one attached hydrogen (secondary N) is 1. The van der Waals surface area contributed by atoms with E-state index in [1.54, 1.807) is 24.3 Å². The SMILES string of the molecule is CC(C)CN(C(=O)CCCNC(=O)c1ccc(Cl)cc1)C1CC1. The molecule has 1 aromatic carbocycles. The average Bonchev–Trinajstić information content (AvgIpc) is 3.34. The number of carbonyl (C=O) groups excluding carboxylic acids is 2. The summed E-state index contributed by atoms with van der Waals surface area (Å²) in [5.74, 6) is 0.571. The van der Waals surface area contributed by atoms with Crippen LogP contribution in [0, 0.1) is 5.92 Å². The van der Waals surface area contributed by atoms with Crippen molar-refractivity contribution in [3.63, 3.8) is 0 Å². The van der Waals surface area contributed by atoms with Gasteiger partial charge in [0.1, 0.15) is 0 Å². The Balaban J connectivity index is 1.70. The lowest BCUT2D eigenvalue weighted by molar-refractivity contribution is -0.132. The highest BCUT2D eigenvalue weighted by Crippen LogP contribution is 2.28. The molecule has 2 rings (SSSR count). The lowest BCUT2D eigenvalue weighted by Gasteiger charge is -2.24. The molecule has 0 saturated heterocycles. The fourth-order valence-electron chi connectivity index (χ4n) is 2.52. The van der Waals surface area contributed by atoms with Gasteiger partial charge in [0.25, 0.3) is 5.91 Å². The molecule has 0 radical (unpaired) electrons. The molecular formula is C18H25ClN2O2. The Morgan fingerprint density at radius 1 is 1.26 bits per heavy atom. The molecule has 4 nitrogen and oxygen atoms in total. The second-order valence-electron chi connectivity index (χ2n) is 6.54. The monoisotopic (exact) mass is 336 g/mol. The Bertz CT molecular complexity index is 538. The summed E-state index contributed by atoms with van der Waals surface area (Å²) in [5, 5.41) is 3.45. The molecule has 0 atom stereocenters. The number of carbonyl (C=O) groups is 2. The second kappa shape index (κ2) is 8.34. The van der Waals surface area contributed by atoms with Crippen molar-refractivity contribution >= 4 is 23.4 Å². The summed E-state index contributed by atoms with van der Waals surface area (Å²) >= 11 is 5.80. The number of amides is 2. The molecule has 1 aromatic rings. The van der Waals surface area contributed by atoms with Crippen molar-refractivity contribution in [2.24, 2.45) is 5.92 Å². The Labute approximate surface area is 143 Å². The van der Waals surface area contributed by atoms with Crippen LogP contribution in [-0.2, 0) is 4.79 Å². The smallest absolute Gasteiger partial charge is 0.251 e. The van der Waals surface area contributed by atoms with Gasteiger partial charge < -0.3 is 10.2 Å². The van der Waals surface area contributed by atoms with Crippen LogP contribution in [0.4, 0.5) is 0 Å². The van der Waals surface area contributed by atoms with E-state index in [1.807, 2.05) is 4.90 Å². The third kappa shape index (κ3) is 5.87. The third-order valence-corrected chi connectivity index (χ3v) is 4.08. The lowest BCUT2D eigenvalue weighted by Crippen LogP contribution is -2.36. The minimum atomic E-state index is -0.129. The van der Waals surface area contributed by atoms with Crippen molar-refractivity contribution in [2.75, 3.05) is 13.1 Å². The number of hydrogen-bond donors (Lipinski definition) is 1. The molecule has 0 heterocycles. The second-order valence-corrected chi connectivity index (χ2v) is 6.97. The molecule has 126 valence electrons. The van der Waals surface area contributed by atoms with E-state index in [4.69, 9.17) is 11.6 Å². The zero-order valence-electron chi connectivity index (χ0n) is 13.8. The molecule has 2 amide bonds. The van der Waals surface area contributed by atoms with Gasteiger partial charge in [-0.2, -0.15) is 0 Å². The maximum Gasteiger partial charge on any atom is 0.251 e. The van der Waals surface area contributed by atoms with Gasteiger partial charge in [-0.3, -0.25) is 9.59 Å². The fourth-order valence-corrected chi connectivity index (χ4v) is 2.65. The van der Waals surface area contributed by atoms with Crippen molar-refractivity contribution in [3.05, 3.63) is 34.9 Å². The first-order chi connectivity index (χ1) is 11.0. The lowest BCUT2D eigenvalue weighted by atomic mass is 10.1. The van der Waals surface area contributed by atoms with Gasteiger partial charge in [-0.05, 0) is 49.4 Å². The third-order valence-electron chi connectivity index (χ3n) is 3.83. The molecule has 1 saturated carbocycles. The first-order valence-corrected chi connectivity index (χ1v) is 8.68. The molecule has 0 spiro atoms. The first kappa shape index (κ1) is 17.8. The molecule has 0 aromatic heterocycles. The molecule has 0 unspecified atom stereocenters. The highest BCUT2D eigenvalue weighted by molar-refractivity contribution is 6.30. The summed E-state index contributed by atoms with van der Waals surface area (Å²) in [4.78, 5) is 26.3. The summed E-state index contributed by atoms with van der Waals surface area (Å²) < 4.78 is 0. The standard InChI is InChI=1S/C18H25ClN2O2/c1-13(2)12-21(16-9-10-16)17(22)4-3-11-20-18(23)14-5-7-15(19)8-6-14/h5-8,13,16H,3-4,9-12H2,1-2H3,(H,20,23). The molecule has 23 heavy (non-hydrogen) atoms. The Hall–Kier alpha value is -1.55. The van der Waals surface area contributed by atoms with Crippen molar-refractivity contribution in [3.8, 4) is 0 Å².